The second kappa shape index (κ2) is 12.0. The summed E-state index contributed by atoms with van der Waals surface area (Å²) in [6, 6.07) is 4.98. The Kier molecular flexibility index (Phi) is 9.24. The summed E-state index contributed by atoms with van der Waals surface area (Å²) >= 11 is 12.8. The molecular weight excluding hydrogens is 511 g/mol. The van der Waals surface area contributed by atoms with E-state index in [-0.39, 0.29) is 47.7 Å². The first-order valence-electron chi connectivity index (χ1n) is 11.2. The molecule has 3 rings (SSSR count). The lowest BCUT2D eigenvalue weighted by molar-refractivity contribution is -0.144. The highest BCUT2D eigenvalue weighted by Gasteiger charge is 2.44. The molecule has 1 aliphatic rings. The van der Waals surface area contributed by atoms with E-state index in [2.05, 4.69) is 15.1 Å². The average Bonchev–Trinajstić information content (AvgIpc) is 3.32. The van der Waals surface area contributed by atoms with Crippen molar-refractivity contribution in [2.45, 2.75) is 38.8 Å². The van der Waals surface area contributed by atoms with Crippen LogP contribution in [0.5, 0.6) is 0 Å². The lowest BCUT2D eigenvalue weighted by atomic mass is 9.75. The van der Waals surface area contributed by atoms with Gasteiger partial charge < -0.3 is 19.3 Å². The molecule has 0 saturated heterocycles. The number of rotatable bonds is 10. The van der Waals surface area contributed by atoms with Crippen molar-refractivity contribution in [3.8, 4) is 0 Å². The lowest BCUT2D eigenvalue weighted by Crippen LogP contribution is -2.38. The molecule has 2 aromatic rings. The van der Waals surface area contributed by atoms with E-state index in [1.807, 2.05) is 0 Å². The van der Waals surface area contributed by atoms with Crippen molar-refractivity contribution in [2.75, 3.05) is 26.9 Å². The molecule has 2 heterocycles. The Morgan fingerprint density at radius 3 is 2.67 bits per heavy atom. The summed E-state index contributed by atoms with van der Waals surface area (Å²) in [6.45, 7) is 4.94. The number of aliphatic imine (C=N–C) groups is 1. The molecule has 0 amide bonds. The van der Waals surface area contributed by atoms with Gasteiger partial charge in [0.15, 0.2) is 0 Å². The van der Waals surface area contributed by atoms with E-state index in [9.17, 15) is 14.7 Å². The maximum absolute atomic E-state index is 13.2. The molecule has 0 spiro atoms. The number of carbonyl (C=O) groups is 2. The Labute approximate surface area is 218 Å². The third kappa shape index (κ3) is 6.31. The molecule has 0 bridgehead atoms. The Morgan fingerprint density at radius 1 is 1.28 bits per heavy atom. The predicted octanol–water partition coefficient (Wildman–Crippen LogP) is 3.22. The SMILES string of the molecule is CCOC(=O)C1=C(COCC(C)(O)Cn2cncn2)N=C(C)C(C(=O)OC)C1c1cccc(Cl)c1Cl. The van der Waals surface area contributed by atoms with Crippen molar-refractivity contribution in [3.63, 3.8) is 0 Å². The van der Waals surface area contributed by atoms with Gasteiger partial charge in [-0.25, -0.2) is 14.5 Å². The molecule has 36 heavy (non-hydrogen) atoms. The van der Waals surface area contributed by atoms with Gasteiger partial charge in [-0.05, 0) is 32.4 Å². The van der Waals surface area contributed by atoms with Gasteiger partial charge in [-0.3, -0.25) is 9.79 Å². The first-order valence-corrected chi connectivity index (χ1v) is 11.9. The van der Waals surface area contributed by atoms with E-state index in [4.69, 9.17) is 37.4 Å². The molecule has 3 atom stereocenters. The van der Waals surface area contributed by atoms with E-state index >= 15 is 0 Å². The Bertz CT molecular complexity index is 1160. The molecule has 0 aliphatic carbocycles. The van der Waals surface area contributed by atoms with Gasteiger partial charge in [-0.1, -0.05) is 35.3 Å². The van der Waals surface area contributed by atoms with Crippen LogP contribution in [0.1, 0.15) is 32.3 Å². The van der Waals surface area contributed by atoms with E-state index in [1.54, 1.807) is 39.0 Å². The minimum atomic E-state index is -1.28. The largest absolute Gasteiger partial charge is 0.468 e. The summed E-state index contributed by atoms with van der Waals surface area (Å²) in [5, 5.41) is 15.2. The number of ether oxygens (including phenoxy) is 3. The summed E-state index contributed by atoms with van der Waals surface area (Å²) in [4.78, 5) is 34.5. The van der Waals surface area contributed by atoms with Crippen LogP contribution in [0.25, 0.3) is 0 Å². The maximum Gasteiger partial charge on any atom is 0.336 e. The normalized spacial score (nSPS) is 19.5. The number of hydrogen-bond donors (Lipinski definition) is 1. The highest BCUT2D eigenvalue weighted by Crippen LogP contribution is 2.44. The van der Waals surface area contributed by atoms with Crippen LogP contribution in [-0.4, -0.2) is 70.1 Å². The van der Waals surface area contributed by atoms with Gasteiger partial charge in [0.2, 0.25) is 0 Å². The molecule has 12 heteroatoms. The number of aromatic nitrogens is 3. The van der Waals surface area contributed by atoms with E-state index in [0.717, 1.165) is 0 Å². The van der Waals surface area contributed by atoms with Gasteiger partial charge in [-0.2, -0.15) is 5.10 Å². The van der Waals surface area contributed by atoms with Crippen LogP contribution in [0.2, 0.25) is 10.0 Å². The van der Waals surface area contributed by atoms with Crippen molar-refractivity contribution < 1.29 is 28.9 Å². The van der Waals surface area contributed by atoms with Crippen molar-refractivity contribution >= 4 is 40.9 Å². The van der Waals surface area contributed by atoms with Crippen molar-refractivity contribution in [2.24, 2.45) is 10.9 Å². The molecular formula is C24H28Cl2N4O6. The van der Waals surface area contributed by atoms with E-state index < -0.39 is 29.4 Å². The third-order valence-electron chi connectivity index (χ3n) is 5.60. The molecule has 0 radical (unpaired) electrons. The van der Waals surface area contributed by atoms with Crippen LogP contribution in [0, 0.1) is 5.92 Å². The van der Waals surface area contributed by atoms with Gasteiger partial charge in [0.1, 0.15) is 24.2 Å². The number of esters is 2. The fourth-order valence-corrected chi connectivity index (χ4v) is 4.52. The zero-order valence-electron chi connectivity index (χ0n) is 20.4. The van der Waals surface area contributed by atoms with Crippen molar-refractivity contribution in [1.29, 1.82) is 0 Å². The third-order valence-corrected chi connectivity index (χ3v) is 6.44. The first kappa shape index (κ1) is 27.8. The van der Waals surface area contributed by atoms with Crippen molar-refractivity contribution in [1.82, 2.24) is 14.8 Å². The molecule has 1 N–H and O–H groups in total. The molecule has 0 fully saturated rings. The summed E-state index contributed by atoms with van der Waals surface area (Å²) in [5.41, 5.74) is -0.0613. The maximum atomic E-state index is 13.2. The smallest absolute Gasteiger partial charge is 0.336 e. The predicted molar refractivity (Wildman–Crippen MR) is 133 cm³/mol. The quantitative estimate of drug-likeness (QED) is 0.457. The number of benzene rings is 1. The summed E-state index contributed by atoms with van der Waals surface area (Å²) in [6.07, 6.45) is 2.85. The fraction of sp³-hybridized carbons (Fsp3) is 0.458. The van der Waals surface area contributed by atoms with Crippen LogP contribution < -0.4 is 0 Å². The fourth-order valence-electron chi connectivity index (χ4n) is 4.10. The summed E-state index contributed by atoms with van der Waals surface area (Å²) < 4.78 is 17.6. The number of carbonyl (C=O) groups excluding carboxylic acids is 2. The average molecular weight is 539 g/mol. The number of aliphatic hydroxyl groups is 1. The van der Waals surface area contributed by atoms with Crippen LogP contribution in [-0.2, 0) is 30.3 Å². The van der Waals surface area contributed by atoms with E-state index in [0.29, 0.717) is 11.3 Å². The highest BCUT2D eigenvalue weighted by molar-refractivity contribution is 6.42. The van der Waals surface area contributed by atoms with Crippen LogP contribution in [0.15, 0.2) is 47.1 Å². The zero-order chi connectivity index (χ0) is 26.5. The number of halogens is 2. The second-order valence-electron chi connectivity index (χ2n) is 8.54. The monoisotopic (exact) mass is 538 g/mol. The summed E-state index contributed by atoms with van der Waals surface area (Å²) in [5.74, 6) is -3.08. The molecule has 1 aliphatic heterocycles. The molecule has 3 unspecified atom stereocenters. The van der Waals surface area contributed by atoms with Crippen LogP contribution in [0.3, 0.4) is 0 Å². The number of nitrogens with zero attached hydrogens (tertiary/aromatic N) is 4. The standard InChI is InChI=1S/C24H28Cl2N4O6/c1-5-36-23(32)20-17(9-35-11-24(3,33)10-30-13-27-12-28-30)29-14(2)18(22(31)34-4)19(20)15-7-6-8-16(25)21(15)26/h6-8,12-13,18-19,33H,5,9-11H2,1-4H3. The summed E-state index contributed by atoms with van der Waals surface area (Å²) in [7, 11) is 1.26. The molecule has 194 valence electrons. The zero-order valence-corrected chi connectivity index (χ0v) is 21.9. The minimum Gasteiger partial charge on any atom is -0.468 e. The van der Waals surface area contributed by atoms with Gasteiger partial charge in [0.25, 0.3) is 0 Å². The highest BCUT2D eigenvalue weighted by atomic mass is 35.5. The molecule has 1 aromatic carbocycles. The lowest BCUT2D eigenvalue weighted by Gasteiger charge is -2.32. The number of hydrogen-bond acceptors (Lipinski definition) is 9. The van der Waals surface area contributed by atoms with Crippen molar-refractivity contribution in [3.05, 3.63) is 57.7 Å². The van der Waals surface area contributed by atoms with E-state index in [1.165, 1.54) is 24.4 Å². The van der Waals surface area contributed by atoms with Crippen LogP contribution >= 0.6 is 23.2 Å². The Hall–Kier alpha value is -2.79. The molecule has 1 aromatic heterocycles. The Balaban J connectivity index is 2.01. The topological polar surface area (TPSA) is 125 Å². The van der Waals surface area contributed by atoms with Gasteiger partial charge in [0.05, 0.1) is 54.8 Å². The van der Waals surface area contributed by atoms with Gasteiger partial charge in [0, 0.05) is 11.6 Å². The molecule has 10 nitrogen and oxygen atoms in total. The van der Waals surface area contributed by atoms with Gasteiger partial charge in [-0.15, -0.1) is 0 Å². The first-order chi connectivity index (χ1) is 17.1. The Morgan fingerprint density at radius 2 is 2.03 bits per heavy atom. The van der Waals surface area contributed by atoms with Gasteiger partial charge >= 0.3 is 11.9 Å². The van der Waals surface area contributed by atoms with Crippen LogP contribution in [0.4, 0.5) is 0 Å². The number of methoxy groups -OCH3 is 1. The minimum absolute atomic E-state index is 0.0932. The second-order valence-corrected chi connectivity index (χ2v) is 9.32. The molecule has 0 saturated carbocycles.